The summed E-state index contributed by atoms with van der Waals surface area (Å²) in [7, 11) is 1.98. The van der Waals surface area contributed by atoms with Crippen molar-refractivity contribution < 1.29 is 4.52 Å². The summed E-state index contributed by atoms with van der Waals surface area (Å²) in [5.74, 6) is 3.97. The van der Waals surface area contributed by atoms with Crippen molar-refractivity contribution in [3.8, 4) is 0 Å². The van der Waals surface area contributed by atoms with Crippen LogP contribution in [-0.4, -0.2) is 39.7 Å². The van der Waals surface area contributed by atoms with Crippen LogP contribution in [0.1, 0.15) is 23.2 Å². The van der Waals surface area contributed by atoms with Crippen molar-refractivity contribution in [3.05, 3.63) is 41.8 Å². The lowest BCUT2D eigenvalue weighted by Crippen LogP contribution is -2.31. The van der Waals surface area contributed by atoms with Crippen molar-refractivity contribution in [2.75, 3.05) is 18.6 Å². The summed E-state index contributed by atoms with van der Waals surface area (Å²) in [5.41, 5.74) is 1.15. The highest BCUT2D eigenvalue weighted by molar-refractivity contribution is 7.99. The van der Waals surface area contributed by atoms with E-state index in [0.29, 0.717) is 18.4 Å². The number of nitrogens with zero attached hydrogens (tertiary/aromatic N) is 3. The van der Waals surface area contributed by atoms with Gasteiger partial charge in [-0.3, -0.25) is 4.98 Å². The number of thioether (sulfide) groups is 1. The molecule has 0 amide bonds. The summed E-state index contributed by atoms with van der Waals surface area (Å²) in [6, 6.07) is 4.37. The molecule has 100 valence electrons. The lowest BCUT2D eigenvalue weighted by atomic mass is 10.0. The minimum absolute atomic E-state index is 0.327. The van der Waals surface area contributed by atoms with E-state index in [-0.39, 0.29) is 0 Å². The normalized spacial score (nSPS) is 22.8. The van der Waals surface area contributed by atoms with Crippen LogP contribution in [0.4, 0.5) is 0 Å². The zero-order chi connectivity index (χ0) is 13.1. The van der Waals surface area contributed by atoms with Crippen LogP contribution in [0.5, 0.6) is 0 Å². The van der Waals surface area contributed by atoms with Gasteiger partial charge in [0, 0.05) is 36.4 Å². The molecule has 2 aromatic heterocycles. The summed E-state index contributed by atoms with van der Waals surface area (Å²) in [4.78, 5) is 8.54. The van der Waals surface area contributed by atoms with E-state index in [0.717, 1.165) is 28.8 Å². The molecule has 1 aliphatic rings. The summed E-state index contributed by atoms with van der Waals surface area (Å²) in [5, 5.41) is 7.40. The third kappa shape index (κ3) is 2.79. The molecule has 0 aliphatic carbocycles. The number of pyridine rings is 1. The molecule has 0 radical (unpaired) electrons. The summed E-state index contributed by atoms with van der Waals surface area (Å²) < 4.78 is 5.42. The minimum atomic E-state index is 0.327. The third-order valence-corrected chi connectivity index (χ3v) is 4.55. The van der Waals surface area contributed by atoms with Gasteiger partial charge in [0.15, 0.2) is 5.82 Å². The highest BCUT2D eigenvalue weighted by Gasteiger charge is 2.32. The van der Waals surface area contributed by atoms with Crippen molar-refractivity contribution in [2.45, 2.75) is 18.4 Å². The van der Waals surface area contributed by atoms with Crippen LogP contribution in [-0.2, 0) is 6.42 Å². The van der Waals surface area contributed by atoms with E-state index in [4.69, 9.17) is 4.52 Å². The number of aromatic nitrogens is 3. The van der Waals surface area contributed by atoms with Gasteiger partial charge in [-0.15, -0.1) is 0 Å². The summed E-state index contributed by atoms with van der Waals surface area (Å²) in [6.45, 7) is 0. The zero-order valence-electron chi connectivity index (χ0n) is 10.7. The monoisotopic (exact) mass is 276 g/mol. The van der Waals surface area contributed by atoms with Crippen molar-refractivity contribution in [1.82, 2.24) is 20.4 Å². The molecule has 1 fully saturated rings. The van der Waals surface area contributed by atoms with E-state index in [1.54, 1.807) is 12.4 Å². The fourth-order valence-corrected chi connectivity index (χ4v) is 3.67. The fraction of sp³-hybridized carbons (Fsp3) is 0.462. The lowest BCUT2D eigenvalue weighted by Gasteiger charge is -2.13. The molecular formula is C13H16N4OS. The first-order valence-corrected chi connectivity index (χ1v) is 7.48. The average molecular weight is 276 g/mol. The van der Waals surface area contributed by atoms with Crippen LogP contribution in [0.15, 0.2) is 29.0 Å². The molecule has 19 heavy (non-hydrogen) atoms. The van der Waals surface area contributed by atoms with Gasteiger partial charge in [0.1, 0.15) is 0 Å². The van der Waals surface area contributed by atoms with Gasteiger partial charge in [-0.25, -0.2) is 0 Å². The van der Waals surface area contributed by atoms with Crippen LogP contribution < -0.4 is 5.32 Å². The van der Waals surface area contributed by atoms with Crippen LogP contribution in [0, 0.1) is 0 Å². The second-order valence-electron chi connectivity index (χ2n) is 4.62. The molecule has 1 saturated heterocycles. The minimum Gasteiger partial charge on any atom is -0.339 e. The molecule has 0 bridgehead atoms. The Hall–Kier alpha value is -1.40. The highest BCUT2D eigenvalue weighted by atomic mass is 32.2. The summed E-state index contributed by atoms with van der Waals surface area (Å²) >= 11 is 1.92. The molecule has 5 nitrogen and oxygen atoms in total. The van der Waals surface area contributed by atoms with Gasteiger partial charge in [0.05, 0.1) is 5.92 Å². The van der Waals surface area contributed by atoms with Crippen LogP contribution in [0.25, 0.3) is 0 Å². The maximum atomic E-state index is 5.42. The van der Waals surface area contributed by atoms with Gasteiger partial charge in [0.25, 0.3) is 0 Å². The van der Waals surface area contributed by atoms with Gasteiger partial charge in [-0.05, 0) is 24.7 Å². The molecular weight excluding hydrogens is 260 g/mol. The Morgan fingerprint density at radius 1 is 1.37 bits per heavy atom. The van der Waals surface area contributed by atoms with Crippen LogP contribution >= 0.6 is 11.8 Å². The standard InChI is InChI=1S/C13H16N4OS/c1-14-11-8-19-7-10(11)13-16-12(17-18-13)6-9-2-4-15-5-3-9/h2-5,10-11,14H,6-8H2,1H3. The first kappa shape index (κ1) is 12.6. The molecule has 0 saturated carbocycles. The number of hydrogen-bond acceptors (Lipinski definition) is 6. The number of rotatable bonds is 4. The third-order valence-electron chi connectivity index (χ3n) is 3.36. The summed E-state index contributed by atoms with van der Waals surface area (Å²) in [6.07, 6.45) is 4.25. The van der Waals surface area contributed by atoms with Gasteiger partial charge < -0.3 is 9.84 Å². The second kappa shape index (κ2) is 5.71. The Morgan fingerprint density at radius 3 is 3.00 bits per heavy atom. The topological polar surface area (TPSA) is 63.8 Å². The number of likely N-dealkylation sites (N-methyl/N-ethyl adjacent to an activating group) is 1. The number of nitrogens with one attached hydrogen (secondary N) is 1. The fourth-order valence-electron chi connectivity index (χ4n) is 2.26. The van der Waals surface area contributed by atoms with Crippen molar-refractivity contribution in [1.29, 1.82) is 0 Å². The SMILES string of the molecule is CNC1CSCC1c1nc(Cc2ccncc2)no1. The number of hydrogen-bond donors (Lipinski definition) is 1. The molecule has 3 heterocycles. The van der Waals surface area contributed by atoms with Crippen molar-refractivity contribution in [2.24, 2.45) is 0 Å². The highest BCUT2D eigenvalue weighted by Crippen LogP contribution is 2.31. The molecule has 6 heteroatoms. The largest absolute Gasteiger partial charge is 0.339 e. The Balaban J connectivity index is 1.73. The zero-order valence-corrected chi connectivity index (χ0v) is 11.6. The maximum Gasteiger partial charge on any atom is 0.232 e. The van der Waals surface area contributed by atoms with E-state index in [1.165, 1.54) is 0 Å². The predicted molar refractivity (Wildman–Crippen MR) is 74.3 cm³/mol. The quantitative estimate of drug-likeness (QED) is 0.912. The van der Waals surface area contributed by atoms with E-state index in [2.05, 4.69) is 20.4 Å². The van der Waals surface area contributed by atoms with Crippen molar-refractivity contribution >= 4 is 11.8 Å². The Morgan fingerprint density at radius 2 is 2.21 bits per heavy atom. The molecule has 3 rings (SSSR count). The molecule has 0 spiro atoms. The Bertz CT molecular complexity index is 530. The van der Waals surface area contributed by atoms with E-state index >= 15 is 0 Å². The molecule has 0 aromatic carbocycles. The van der Waals surface area contributed by atoms with Gasteiger partial charge in [-0.2, -0.15) is 16.7 Å². The molecule has 1 N–H and O–H groups in total. The first-order valence-electron chi connectivity index (χ1n) is 6.33. The van der Waals surface area contributed by atoms with Crippen LogP contribution in [0.3, 0.4) is 0 Å². The maximum absolute atomic E-state index is 5.42. The second-order valence-corrected chi connectivity index (χ2v) is 5.70. The Labute approximate surface area is 116 Å². The molecule has 1 aliphatic heterocycles. The smallest absolute Gasteiger partial charge is 0.232 e. The van der Waals surface area contributed by atoms with Gasteiger partial charge in [-0.1, -0.05) is 5.16 Å². The Kier molecular flexibility index (Phi) is 3.79. The van der Waals surface area contributed by atoms with E-state index in [9.17, 15) is 0 Å². The lowest BCUT2D eigenvalue weighted by molar-refractivity contribution is 0.341. The average Bonchev–Trinajstić information content (AvgIpc) is 3.07. The molecule has 2 atom stereocenters. The van der Waals surface area contributed by atoms with E-state index < -0.39 is 0 Å². The first-order chi connectivity index (χ1) is 9.36. The van der Waals surface area contributed by atoms with E-state index in [1.807, 2.05) is 30.9 Å². The predicted octanol–water partition coefficient (Wildman–Crippen LogP) is 1.47. The molecule has 2 unspecified atom stereocenters. The molecule has 2 aromatic rings. The van der Waals surface area contributed by atoms with Gasteiger partial charge in [0.2, 0.25) is 5.89 Å². The van der Waals surface area contributed by atoms with Gasteiger partial charge >= 0.3 is 0 Å². The van der Waals surface area contributed by atoms with Crippen LogP contribution in [0.2, 0.25) is 0 Å². The van der Waals surface area contributed by atoms with Crippen molar-refractivity contribution in [3.63, 3.8) is 0 Å².